The van der Waals surface area contributed by atoms with Crippen LogP contribution in [0.25, 0.3) is 11.1 Å². The van der Waals surface area contributed by atoms with Crippen LogP contribution >= 0.6 is 11.6 Å². The van der Waals surface area contributed by atoms with Crippen LogP contribution in [0.4, 0.5) is 6.01 Å². The predicted octanol–water partition coefficient (Wildman–Crippen LogP) is 5.10. The molecule has 5 rings (SSSR count). The molecule has 0 saturated carbocycles. The van der Waals surface area contributed by atoms with Crippen molar-refractivity contribution >= 4 is 34.5 Å². The Morgan fingerprint density at radius 3 is 2.68 bits per heavy atom. The number of Topliss-reactive ketones (excluding diaryl/α,β-unsaturated/α-hetero) is 1. The highest BCUT2D eigenvalue weighted by molar-refractivity contribution is 6.32. The molecule has 0 unspecified atom stereocenters. The van der Waals surface area contributed by atoms with Crippen LogP contribution in [0.1, 0.15) is 40.7 Å². The third-order valence-electron chi connectivity index (χ3n) is 5.96. The van der Waals surface area contributed by atoms with Gasteiger partial charge in [0.05, 0.1) is 12.0 Å². The van der Waals surface area contributed by atoms with Crippen molar-refractivity contribution in [2.24, 2.45) is 0 Å². The zero-order valence-corrected chi connectivity index (χ0v) is 16.7. The van der Waals surface area contributed by atoms with Crippen LogP contribution in [-0.2, 0) is 0 Å². The van der Waals surface area contributed by atoms with Crippen molar-refractivity contribution < 1.29 is 13.9 Å². The number of anilines is 1. The molecule has 3 heterocycles. The van der Waals surface area contributed by atoms with Crippen molar-refractivity contribution in [1.82, 2.24) is 4.98 Å². The van der Waals surface area contributed by atoms with Gasteiger partial charge in [-0.15, -0.1) is 0 Å². The van der Waals surface area contributed by atoms with Gasteiger partial charge in [-0.05, 0) is 43.2 Å². The smallest absolute Gasteiger partial charge is 0.298 e. The Balaban J connectivity index is 1.39. The van der Waals surface area contributed by atoms with Gasteiger partial charge >= 0.3 is 0 Å². The van der Waals surface area contributed by atoms with Crippen LogP contribution in [-0.4, -0.2) is 29.5 Å². The van der Waals surface area contributed by atoms with Crippen molar-refractivity contribution in [3.8, 4) is 5.75 Å². The molecule has 0 N–H and O–H groups in total. The second-order valence-corrected chi connectivity index (χ2v) is 8.22. The van der Waals surface area contributed by atoms with Crippen LogP contribution in [0.5, 0.6) is 5.75 Å². The van der Waals surface area contributed by atoms with Gasteiger partial charge in [-0.1, -0.05) is 23.7 Å². The molecule has 1 spiro atoms. The van der Waals surface area contributed by atoms with Crippen molar-refractivity contribution in [2.45, 2.75) is 38.7 Å². The van der Waals surface area contributed by atoms with E-state index in [0.29, 0.717) is 28.8 Å². The van der Waals surface area contributed by atoms with Crippen molar-refractivity contribution in [3.63, 3.8) is 0 Å². The van der Waals surface area contributed by atoms with Crippen molar-refractivity contribution in [2.75, 3.05) is 18.0 Å². The van der Waals surface area contributed by atoms with Gasteiger partial charge in [0.15, 0.2) is 11.4 Å². The Morgan fingerprint density at radius 1 is 1.18 bits per heavy atom. The van der Waals surface area contributed by atoms with Gasteiger partial charge in [-0.3, -0.25) is 4.79 Å². The van der Waals surface area contributed by atoms with Crippen molar-refractivity contribution in [1.29, 1.82) is 0 Å². The van der Waals surface area contributed by atoms with E-state index in [0.717, 1.165) is 48.2 Å². The standard InChI is InChI=1S/C22H21ClN2O3/c1-13-11-18-19(14(2)20(13)23)16(26)12-22(28-18)7-9-25(10-8-22)21-24-15-5-3-4-6-17(15)27-21/h3-6,11H,7-10,12H2,1-2H3. The molecule has 6 heteroatoms. The summed E-state index contributed by atoms with van der Waals surface area (Å²) in [6.45, 7) is 5.31. The summed E-state index contributed by atoms with van der Waals surface area (Å²) in [5, 5.41) is 0.650. The first kappa shape index (κ1) is 17.6. The van der Waals surface area contributed by atoms with Crippen LogP contribution in [0, 0.1) is 13.8 Å². The van der Waals surface area contributed by atoms with Gasteiger partial charge in [-0.2, -0.15) is 4.98 Å². The molecule has 144 valence electrons. The van der Waals surface area contributed by atoms with E-state index in [9.17, 15) is 4.79 Å². The summed E-state index contributed by atoms with van der Waals surface area (Å²) < 4.78 is 12.3. The first-order chi connectivity index (χ1) is 13.5. The minimum atomic E-state index is -0.459. The van der Waals surface area contributed by atoms with Crippen molar-refractivity contribution in [3.05, 3.63) is 52.0 Å². The van der Waals surface area contributed by atoms with E-state index in [-0.39, 0.29) is 5.78 Å². The molecular weight excluding hydrogens is 376 g/mol. The summed E-state index contributed by atoms with van der Waals surface area (Å²) >= 11 is 6.35. The summed E-state index contributed by atoms with van der Waals surface area (Å²) in [6.07, 6.45) is 1.89. The number of oxazole rings is 1. The first-order valence-corrected chi connectivity index (χ1v) is 9.96. The zero-order chi connectivity index (χ0) is 19.5. The Bertz CT molecular complexity index is 1060. The number of aryl methyl sites for hydroxylation is 1. The fraction of sp³-hybridized carbons (Fsp3) is 0.364. The lowest BCUT2D eigenvalue weighted by atomic mass is 9.81. The minimum Gasteiger partial charge on any atom is -0.486 e. The fourth-order valence-electron chi connectivity index (χ4n) is 4.38. The zero-order valence-electron chi connectivity index (χ0n) is 15.9. The summed E-state index contributed by atoms with van der Waals surface area (Å²) in [6, 6.07) is 10.3. The van der Waals surface area contributed by atoms with Crippen LogP contribution in [0.3, 0.4) is 0 Å². The predicted molar refractivity (Wildman–Crippen MR) is 109 cm³/mol. The Labute approximate surface area is 168 Å². The average Bonchev–Trinajstić information content (AvgIpc) is 3.10. The average molecular weight is 397 g/mol. The monoisotopic (exact) mass is 396 g/mol. The number of rotatable bonds is 1. The number of ether oxygens (including phenoxy) is 1. The number of aromatic nitrogens is 1. The molecule has 2 aliphatic heterocycles. The molecule has 0 radical (unpaired) electrons. The maximum Gasteiger partial charge on any atom is 0.298 e. The van der Waals surface area contributed by atoms with E-state index in [2.05, 4.69) is 9.88 Å². The lowest BCUT2D eigenvalue weighted by Gasteiger charge is -2.44. The molecule has 1 fully saturated rings. The topological polar surface area (TPSA) is 55.6 Å². The van der Waals surface area contributed by atoms with Gasteiger partial charge < -0.3 is 14.1 Å². The molecule has 0 atom stereocenters. The maximum absolute atomic E-state index is 12.9. The minimum absolute atomic E-state index is 0.121. The van der Waals surface area contributed by atoms with E-state index >= 15 is 0 Å². The summed E-state index contributed by atoms with van der Waals surface area (Å²) in [7, 11) is 0. The number of hydrogen-bond donors (Lipinski definition) is 0. The third kappa shape index (κ3) is 2.68. The van der Waals surface area contributed by atoms with E-state index in [4.69, 9.17) is 20.8 Å². The van der Waals surface area contributed by atoms with Crippen LogP contribution < -0.4 is 9.64 Å². The molecule has 0 amide bonds. The highest BCUT2D eigenvalue weighted by Gasteiger charge is 2.44. The molecule has 2 aromatic carbocycles. The summed E-state index contributed by atoms with van der Waals surface area (Å²) in [5.41, 5.74) is 3.59. The molecule has 1 aromatic heterocycles. The number of hydrogen-bond acceptors (Lipinski definition) is 5. The fourth-order valence-corrected chi connectivity index (χ4v) is 4.53. The highest BCUT2D eigenvalue weighted by atomic mass is 35.5. The van der Waals surface area contributed by atoms with Gasteiger partial charge in [0, 0.05) is 31.0 Å². The van der Waals surface area contributed by atoms with E-state index in [1.165, 1.54) is 0 Å². The van der Waals surface area contributed by atoms with Gasteiger partial charge in [0.2, 0.25) is 0 Å². The van der Waals surface area contributed by atoms with E-state index in [1.807, 2.05) is 44.2 Å². The normalized spacial score (nSPS) is 18.4. The lowest BCUT2D eigenvalue weighted by Crippen LogP contribution is -2.51. The molecule has 28 heavy (non-hydrogen) atoms. The summed E-state index contributed by atoms with van der Waals surface area (Å²) in [4.78, 5) is 19.7. The number of nitrogens with zero attached hydrogens (tertiary/aromatic N) is 2. The third-order valence-corrected chi connectivity index (χ3v) is 6.54. The number of fused-ring (bicyclic) bond motifs is 2. The molecule has 5 nitrogen and oxygen atoms in total. The number of carbonyl (C=O) groups is 1. The quantitative estimate of drug-likeness (QED) is 0.572. The number of halogens is 1. The lowest BCUT2D eigenvalue weighted by molar-refractivity contribution is 0.0225. The highest BCUT2D eigenvalue weighted by Crippen LogP contribution is 2.43. The van der Waals surface area contributed by atoms with Crippen LogP contribution in [0.2, 0.25) is 5.02 Å². The second-order valence-electron chi connectivity index (χ2n) is 7.84. The Kier molecular flexibility index (Phi) is 3.91. The van der Waals surface area contributed by atoms with E-state index in [1.54, 1.807) is 0 Å². The number of para-hydroxylation sites is 2. The Morgan fingerprint density at radius 2 is 1.93 bits per heavy atom. The molecular formula is C22H21ClN2O3. The van der Waals surface area contributed by atoms with Gasteiger partial charge in [0.25, 0.3) is 6.01 Å². The number of piperidine rings is 1. The maximum atomic E-state index is 12.9. The number of benzene rings is 2. The molecule has 1 saturated heterocycles. The second kappa shape index (κ2) is 6.24. The molecule has 2 aliphatic rings. The van der Waals surface area contributed by atoms with Gasteiger partial charge in [-0.25, -0.2) is 0 Å². The largest absolute Gasteiger partial charge is 0.486 e. The summed E-state index contributed by atoms with van der Waals surface area (Å²) in [5.74, 6) is 0.793. The Hall–Kier alpha value is -2.53. The molecule has 0 aliphatic carbocycles. The number of ketones is 1. The number of carbonyl (C=O) groups excluding carboxylic acids is 1. The molecule has 3 aromatic rings. The molecule has 0 bridgehead atoms. The van der Waals surface area contributed by atoms with Crippen LogP contribution in [0.15, 0.2) is 34.7 Å². The SMILES string of the molecule is Cc1cc2c(c(C)c1Cl)C(=O)CC1(CCN(c3nc4ccccc4o3)CC1)O2. The van der Waals surface area contributed by atoms with E-state index < -0.39 is 5.60 Å². The first-order valence-electron chi connectivity index (χ1n) is 9.58. The van der Waals surface area contributed by atoms with Gasteiger partial charge in [0.1, 0.15) is 16.9 Å².